The maximum atomic E-state index is 12.9. The molecular formula is C26H31N5O2. The molecule has 7 heteroatoms. The van der Waals surface area contributed by atoms with Gasteiger partial charge in [-0.15, -0.1) is 0 Å². The van der Waals surface area contributed by atoms with E-state index in [9.17, 15) is 10.1 Å². The van der Waals surface area contributed by atoms with Crippen molar-refractivity contribution in [3.8, 4) is 6.07 Å². The van der Waals surface area contributed by atoms with E-state index >= 15 is 0 Å². The number of anilines is 1. The Morgan fingerprint density at radius 1 is 1.18 bits per heavy atom. The molecule has 1 aliphatic heterocycles. The summed E-state index contributed by atoms with van der Waals surface area (Å²) in [6, 6.07) is 12.4. The maximum absolute atomic E-state index is 12.9. The van der Waals surface area contributed by atoms with Crippen molar-refractivity contribution >= 4 is 12.0 Å². The molecule has 0 radical (unpaired) electrons. The Morgan fingerprint density at radius 3 is 2.52 bits per heavy atom. The third-order valence-electron chi connectivity index (χ3n) is 7.60. The van der Waals surface area contributed by atoms with E-state index in [-0.39, 0.29) is 23.0 Å². The third-order valence-corrected chi connectivity index (χ3v) is 7.60. The molecule has 3 aliphatic rings. The van der Waals surface area contributed by atoms with Crippen molar-refractivity contribution in [1.29, 1.82) is 5.26 Å². The van der Waals surface area contributed by atoms with Crippen LogP contribution in [-0.2, 0) is 10.2 Å². The fourth-order valence-electron chi connectivity index (χ4n) is 6.18. The smallest absolute Gasteiger partial charge is 0.408 e. The zero-order valence-electron chi connectivity index (χ0n) is 19.8. The number of carbonyl (C=O) groups is 1. The normalized spacial score (nSPS) is 22.0. The predicted molar refractivity (Wildman–Crippen MR) is 125 cm³/mol. The van der Waals surface area contributed by atoms with E-state index in [4.69, 9.17) is 4.74 Å². The molecule has 0 unspecified atom stereocenters. The minimum Gasteiger partial charge on any atom is -0.444 e. The second-order valence-electron chi connectivity index (χ2n) is 10.7. The van der Waals surface area contributed by atoms with Gasteiger partial charge in [-0.25, -0.2) is 14.8 Å². The van der Waals surface area contributed by atoms with Crippen molar-refractivity contribution in [1.82, 2.24) is 15.3 Å². The molecule has 2 fully saturated rings. The third kappa shape index (κ3) is 3.52. The quantitative estimate of drug-likeness (QED) is 0.729. The Morgan fingerprint density at radius 2 is 1.88 bits per heavy atom. The number of hydrogen-bond donors (Lipinski definition) is 1. The van der Waals surface area contributed by atoms with Crippen molar-refractivity contribution in [2.75, 3.05) is 18.0 Å². The standard InChI is InChI=1S/C26H31N5O2/c1-17-15-18(16-27)29-22(28-17)31-13-11-26(12-14-31)21(30-23(32)33-24(2,3)4)19-7-5-6-8-20(19)25(26)9-10-25/h5-8,15,21H,9-14H2,1-4H3,(H,30,32)/t21-/m1/s1. The highest BCUT2D eigenvalue weighted by Crippen LogP contribution is 2.73. The number of nitrogens with zero attached hydrogens (tertiary/aromatic N) is 4. The zero-order valence-corrected chi connectivity index (χ0v) is 19.8. The number of ether oxygens (including phenoxy) is 1. The van der Waals surface area contributed by atoms with Gasteiger partial charge in [-0.3, -0.25) is 0 Å². The van der Waals surface area contributed by atoms with Gasteiger partial charge < -0.3 is 15.0 Å². The second-order valence-corrected chi connectivity index (χ2v) is 10.7. The molecule has 33 heavy (non-hydrogen) atoms. The SMILES string of the molecule is Cc1cc(C#N)nc(N2CCC3(CC2)[C@H](NC(=O)OC(C)(C)C)c2ccccc2C32CC2)n1. The monoisotopic (exact) mass is 445 g/mol. The van der Waals surface area contributed by atoms with Gasteiger partial charge in [0.25, 0.3) is 0 Å². The van der Waals surface area contributed by atoms with E-state index in [1.807, 2.05) is 27.7 Å². The second kappa shape index (κ2) is 7.44. The largest absolute Gasteiger partial charge is 0.444 e. The molecule has 1 atom stereocenters. The van der Waals surface area contributed by atoms with Crippen LogP contribution in [0.4, 0.5) is 10.7 Å². The van der Waals surface area contributed by atoms with E-state index < -0.39 is 5.60 Å². The molecule has 0 bridgehead atoms. The number of fused-ring (bicyclic) bond motifs is 3. The van der Waals surface area contributed by atoms with Gasteiger partial charge in [-0.2, -0.15) is 5.26 Å². The summed E-state index contributed by atoms with van der Waals surface area (Å²) < 4.78 is 5.66. The van der Waals surface area contributed by atoms with Gasteiger partial charge in [-0.1, -0.05) is 24.3 Å². The Hall–Kier alpha value is -3.14. The summed E-state index contributed by atoms with van der Waals surface area (Å²) in [5.74, 6) is 0.624. The van der Waals surface area contributed by atoms with Crippen LogP contribution in [0.3, 0.4) is 0 Å². The summed E-state index contributed by atoms with van der Waals surface area (Å²) >= 11 is 0. The fraction of sp³-hybridized carbons (Fsp3) is 0.538. The maximum Gasteiger partial charge on any atom is 0.408 e. The topological polar surface area (TPSA) is 91.1 Å². The Labute approximate surface area is 195 Å². The van der Waals surface area contributed by atoms with Crippen LogP contribution < -0.4 is 10.2 Å². The molecule has 2 aromatic rings. The van der Waals surface area contributed by atoms with Crippen LogP contribution in [0.1, 0.15) is 75.0 Å². The summed E-state index contributed by atoms with van der Waals surface area (Å²) in [5, 5.41) is 12.6. The number of hydrogen-bond acceptors (Lipinski definition) is 6. The van der Waals surface area contributed by atoms with Crippen LogP contribution >= 0.6 is 0 Å². The van der Waals surface area contributed by atoms with Crippen molar-refractivity contribution in [3.05, 3.63) is 52.8 Å². The Bertz CT molecular complexity index is 1130. The number of benzene rings is 1. The van der Waals surface area contributed by atoms with Gasteiger partial charge in [0.2, 0.25) is 5.95 Å². The zero-order chi connectivity index (χ0) is 23.4. The Kier molecular flexibility index (Phi) is 4.89. The van der Waals surface area contributed by atoms with Gasteiger partial charge in [0.1, 0.15) is 17.4 Å². The van der Waals surface area contributed by atoms with Crippen LogP contribution in [0.25, 0.3) is 0 Å². The van der Waals surface area contributed by atoms with Crippen molar-refractivity contribution in [2.24, 2.45) is 5.41 Å². The molecule has 2 heterocycles. The lowest BCUT2D eigenvalue weighted by molar-refractivity contribution is 0.0382. The summed E-state index contributed by atoms with van der Waals surface area (Å²) in [7, 11) is 0. The van der Waals surface area contributed by atoms with E-state index in [1.165, 1.54) is 11.1 Å². The van der Waals surface area contributed by atoms with Crippen LogP contribution in [0, 0.1) is 23.7 Å². The first-order chi connectivity index (χ1) is 15.7. The van der Waals surface area contributed by atoms with Crippen LogP contribution in [0.5, 0.6) is 0 Å². The molecule has 1 saturated heterocycles. The summed E-state index contributed by atoms with van der Waals surface area (Å²) in [4.78, 5) is 24.1. The summed E-state index contributed by atoms with van der Waals surface area (Å²) in [5.41, 5.74) is 3.32. The van der Waals surface area contributed by atoms with Crippen LogP contribution in [-0.4, -0.2) is 34.8 Å². The highest BCUT2D eigenvalue weighted by Gasteiger charge is 2.68. The molecule has 1 aromatic heterocycles. The summed E-state index contributed by atoms with van der Waals surface area (Å²) in [6.45, 7) is 9.15. The van der Waals surface area contributed by atoms with Gasteiger partial charge >= 0.3 is 6.09 Å². The van der Waals surface area contributed by atoms with Crippen molar-refractivity contribution in [2.45, 2.75) is 70.4 Å². The summed E-state index contributed by atoms with van der Waals surface area (Å²) in [6.07, 6.45) is 3.77. The van der Waals surface area contributed by atoms with Gasteiger partial charge in [-0.05, 0) is 70.6 Å². The molecule has 7 nitrogen and oxygen atoms in total. The number of nitriles is 1. The highest BCUT2D eigenvalue weighted by molar-refractivity contribution is 5.70. The number of rotatable bonds is 2. The van der Waals surface area contributed by atoms with E-state index in [0.717, 1.165) is 44.5 Å². The number of nitrogens with one attached hydrogen (secondary N) is 1. The number of carbonyl (C=O) groups excluding carboxylic acids is 1. The molecule has 1 saturated carbocycles. The van der Waals surface area contributed by atoms with Gasteiger partial charge in [0, 0.05) is 29.6 Å². The number of aromatic nitrogens is 2. The van der Waals surface area contributed by atoms with Gasteiger partial charge in [0.05, 0.1) is 6.04 Å². The molecule has 1 N–H and O–H groups in total. The molecular weight excluding hydrogens is 414 g/mol. The molecule has 1 amide bonds. The fourth-order valence-corrected chi connectivity index (χ4v) is 6.18. The predicted octanol–water partition coefficient (Wildman–Crippen LogP) is 4.55. The lowest BCUT2D eigenvalue weighted by Crippen LogP contribution is -2.51. The molecule has 1 aromatic carbocycles. The first-order valence-corrected chi connectivity index (χ1v) is 11.8. The molecule has 2 spiro atoms. The number of piperidine rings is 1. The lowest BCUT2D eigenvalue weighted by atomic mass is 9.64. The average molecular weight is 446 g/mol. The van der Waals surface area contributed by atoms with Gasteiger partial charge in [0.15, 0.2) is 0 Å². The Balaban J connectivity index is 1.46. The van der Waals surface area contributed by atoms with Crippen LogP contribution in [0.15, 0.2) is 30.3 Å². The first-order valence-electron chi connectivity index (χ1n) is 11.8. The van der Waals surface area contributed by atoms with E-state index in [1.54, 1.807) is 6.07 Å². The average Bonchev–Trinajstić information content (AvgIpc) is 3.55. The van der Waals surface area contributed by atoms with E-state index in [0.29, 0.717) is 11.6 Å². The molecule has 2 aliphatic carbocycles. The first kappa shape index (κ1) is 21.7. The molecule has 172 valence electrons. The number of amides is 1. The highest BCUT2D eigenvalue weighted by atomic mass is 16.6. The lowest BCUT2D eigenvalue weighted by Gasteiger charge is -2.47. The van der Waals surface area contributed by atoms with Crippen molar-refractivity contribution < 1.29 is 9.53 Å². The minimum atomic E-state index is -0.545. The number of aryl methyl sites for hydroxylation is 1. The van der Waals surface area contributed by atoms with Crippen molar-refractivity contribution in [3.63, 3.8) is 0 Å². The minimum absolute atomic E-state index is 0.0635. The number of alkyl carbamates (subject to hydrolysis) is 1. The molecule has 5 rings (SSSR count). The van der Waals surface area contributed by atoms with E-state index in [2.05, 4.69) is 50.5 Å². The van der Waals surface area contributed by atoms with Crippen LogP contribution in [0.2, 0.25) is 0 Å².